The van der Waals surface area contributed by atoms with Crippen molar-refractivity contribution >= 4 is 22.9 Å². The van der Waals surface area contributed by atoms with Crippen LogP contribution in [0.25, 0.3) is 0 Å². The van der Waals surface area contributed by atoms with Crippen molar-refractivity contribution in [1.82, 2.24) is 20.3 Å². The molecule has 2 aromatic rings. The molecule has 1 aliphatic carbocycles. The van der Waals surface area contributed by atoms with E-state index in [0.29, 0.717) is 10.9 Å². The molecule has 5 rings (SSSR count). The summed E-state index contributed by atoms with van der Waals surface area (Å²) in [5, 5.41) is 32.2. The van der Waals surface area contributed by atoms with Crippen molar-refractivity contribution in [2.45, 2.75) is 62.9 Å². The lowest BCUT2D eigenvalue weighted by atomic mass is 9.79. The Morgan fingerprint density at radius 1 is 1.43 bits per heavy atom. The molecule has 4 heterocycles. The van der Waals surface area contributed by atoms with E-state index < -0.39 is 11.7 Å². The number of piperidine rings is 1. The highest BCUT2D eigenvalue weighted by atomic mass is 35.5. The van der Waals surface area contributed by atoms with Crippen molar-refractivity contribution in [2.24, 2.45) is 5.41 Å². The standard InChI is InChI=1S/C19H25ClN4O3S/c1-11-5-19(17-12(4-16(20)28-17)15(26)8-27-19)6-13(21-11)14-7-24(23-22-14)9-18(10-25)2-3-18/h4,7,11,13,15,21,25-26H,2-3,5-6,8-10H2,1H3/t11-,13-,15+,19-/m0/s1. The fraction of sp³-hybridized carbons (Fsp3) is 0.684. The Hall–Kier alpha value is -1.03. The van der Waals surface area contributed by atoms with Gasteiger partial charge in [0.05, 0.1) is 42.0 Å². The monoisotopic (exact) mass is 424 g/mol. The summed E-state index contributed by atoms with van der Waals surface area (Å²) in [5.74, 6) is 0. The Morgan fingerprint density at radius 2 is 2.25 bits per heavy atom. The third-order valence-electron chi connectivity index (χ3n) is 6.38. The number of fused-ring (bicyclic) bond motifs is 2. The molecule has 2 fully saturated rings. The van der Waals surface area contributed by atoms with Crippen LogP contribution < -0.4 is 5.32 Å². The zero-order valence-electron chi connectivity index (χ0n) is 15.8. The molecule has 4 atom stereocenters. The van der Waals surface area contributed by atoms with Crippen LogP contribution in [0.4, 0.5) is 0 Å². The number of halogens is 1. The van der Waals surface area contributed by atoms with Gasteiger partial charge >= 0.3 is 0 Å². The van der Waals surface area contributed by atoms with Crippen molar-refractivity contribution in [3.05, 3.63) is 32.7 Å². The van der Waals surface area contributed by atoms with Crippen LogP contribution >= 0.6 is 22.9 Å². The van der Waals surface area contributed by atoms with E-state index in [4.69, 9.17) is 16.3 Å². The largest absolute Gasteiger partial charge is 0.396 e. The number of nitrogens with zero attached hydrogens (tertiary/aromatic N) is 3. The van der Waals surface area contributed by atoms with Crippen molar-refractivity contribution in [3.8, 4) is 0 Å². The quantitative estimate of drug-likeness (QED) is 0.698. The second-order valence-corrected chi connectivity index (χ2v) is 10.4. The van der Waals surface area contributed by atoms with Gasteiger partial charge in [-0.05, 0) is 32.3 Å². The number of ether oxygens (including phenoxy) is 1. The van der Waals surface area contributed by atoms with Gasteiger partial charge in [-0.15, -0.1) is 16.4 Å². The Labute approximate surface area is 172 Å². The summed E-state index contributed by atoms with van der Waals surface area (Å²) in [6.07, 6.45) is 4.98. The average Bonchev–Trinajstić information content (AvgIpc) is 3.07. The second kappa shape index (κ2) is 6.75. The number of thiophene rings is 1. The Kier molecular flexibility index (Phi) is 4.57. The minimum Gasteiger partial charge on any atom is -0.396 e. The molecule has 3 N–H and O–H groups in total. The summed E-state index contributed by atoms with van der Waals surface area (Å²) in [6, 6.07) is 2.10. The fourth-order valence-corrected chi connectivity index (χ4v) is 6.12. The summed E-state index contributed by atoms with van der Waals surface area (Å²) in [5.41, 5.74) is 1.31. The third-order valence-corrected chi connectivity index (χ3v) is 7.85. The van der Waals surface area contributed by atoms with E-state index in [2.05, 4.69) is 22.6 Å². The molecular formula is C19H25ClN4O3S. The van der Waals surface area contributed by atoms with E-state index in [1.54, 1.807) is 0 Å². The predicted molar refractivity (Wildman–Crippen MR) is 105 cm³/mol. The molecule has 2 aliphatic heterocycles. The van der Waals surface area contributed by atoms with Gasteiger partial charge in [-0.1, -0.05) is 16.8 Å². The zero-order valence-corrected chi connectivity index (χ0v) is 17.3. The van der Waals surface area contributed by atoms with E-state index in [9.17, 15) is 10.2 Å². The summed E-state index contributed by atoms with van der Waals surface area (Å²) in [4.78, 5) is 1.04. The summed E-state index contributed by atoms with van der Waals surface area (Å²) < 4.78 is 8.80. The van der Waals surface area contributed by atoms with Gasteiger partial charge in [-0.2, -0.15) is 0 Å². The molecular weight excluding hydrogens is 400 g/mol. The molecule has 9 heteroatoms. The normalized spacial score (nSPS) is 33.8. The topological polar surface area (TPSA) is 92.4 Å². The Morgan fingerprint density at radius 3 is 3.00 bits per heavy atom. The maximum absolute atomic E-state index is 10.3. The third kappa shape index (κ3) is 3.20. The van der Waals surface area contributed by atoms with Crippen LogP contribution in [-0.2, 0) is 16.9 Å². The van der Waals surface area contributed by atoms with Crippen LogP contribution in [0.3, 0.4) is 0 Å². The molecule has 0 aromatic carbocycles. The first-order valence-corrected chi connectivity index (χ1v) is 11.0. The molecule has 0 unspecified atom stereocenters. The number of nitrogens with one attached hydrogen (secondary N) is 1. The molecule has 0 amide bonds. The Balaban J connectivity index is 1.42. The van der Waals surface area contributed by atoms with Gasteiger partial charge in [0.2, 0.25) is 0 Å². The van der Waals surface area contributed by atoms with Gasteiger partial charge in [0.15, 0.2) is 0 Å². The van der Waals surface area contributed by atoms with Gasteiger partial charge in [0.1, 0.15) is 11.7 Å². The molecule has 152 valence electrons. The second-order valence-electron chi connectivity index (χ2n) is 8.68. The van der Waals surface area contributed by atoms with E-state index >= 15 is 0 Å². The molecule has 1 saturated carbocycles. The first-order chi connectivity index (χ1) is 13.4. The van der Waals surface area contributed by atoms with E-state index in [1.165, 1.54) is 11.3 Å². The van der Waals surface area contributed by atoms with Gasteiger partial charge in [-0.25, -0.2) is 0 Å². The molecule has 2 aromatic heterocycles. The number of hydrogen-bond donors (Lipinski definition) is 3. The SMILES string of the molecule is C[C@H]1C[C@@]2(C[C@@H](c3cn(CC4(CO)CC4)nn3)N1)OC[C@@H](O)c1cc(Cl)sc12. The number of hydrogen-bond acceptors (Lipinski definition) is 7. The van der Waals surface area contributed by atoms with E-state index in [1.807, 2.05) is 16.9 Å². The Bertz CT molecular complexity index is 882. The lowest BCUT2D eigenvalue weighted by molar-refractivity contribution is -0.129. The summed E-state index contributed by atoms with van der Waals surface area (Å²) >= 11 is 7.79. The summed E-state index contributed by atoms with van der Waals surface area (Å²) in [7, 11) is 0. The smallest absolute Gasteiger partial charge is 0.106 e. The molecule has 0 radical (unpaired) electrons. The lowest BCUT2D eigenvalue weighted by Crippen LogP contribution is -2.50. The minimum atomic E-state index is -0.623. The molecule has 7 nitrogen and oxygen atoms in total. The van der Waals surface area contributed by atoms with Crippen LogP contribution in [0, 0.1) is 5.41 Å². The average molecular weight is 425 g/mol. The predicted octanol–water partition coefficient (Wildman–Crippen LogP) is 2.54. The number of aliphatic hydroxyl groups is 2. The van der Waals surface area contributed by atoms with Crippen LogP contribution in [-0.4, -0.2) is 44.5 Å². The van der Waals surface area contributed by atoms with E-state index in [0.717, 1.165) is 41.8 Å². The van der Waals surface area contributed by atoms with Crippen LogP contribution in [0.2, 0.25) is 4.34 Å². The van der Waals surface area contributed by atoms with Crippen LogP contribution in [0.15, 0.2) is 12.3 Å². The molecule has 3 aliphatic rings. The van der Waals surface area contributed by atoms with Crippen molar-refractivity contribution < 1.29 is 14.9 Å². The highest BCUT2D eigenvalue weighted by molar-refractivity contribution is 7.16. The minimum absolute atomic E-state index is 0.00532. The molecule has 1 spiro atoms. The van der Waals surface area contributed by atoms with Crippen LogP contribution in [0.1, 0.15) is 60.9 Å². The summed E-state index contributed by atoms with van der Waals surface area (Å²) in [6.45, 7) is 3.33. The highest BCUT2D eigenvalue weighted by Gasteiger charge is 2.48. The molecule has 1 saturated heterocycles. The number of aromatic nitrogens is 3. The van der Waals surface area contributed by atoms with Crippen LogP contribution in [0.5, 0.6) is 0 Å². The van der Waals surface area contributed by atoms with E-state index in [-0.39, 0.29) is 30.7 Å². The number of rotatable bonds is 4. The van der Waals surface area contributed by atoms with Gasteiger partial charge in [0.25, 0.3) is 0 Å². The van der Waals surface area contributed by atoms with Gasteiger partial charge in [0, 0.05) is 28.3 Å². The lowest BCUT2D eigenvalue weighted by Gasteiger charge is -2.46. The van der Waals surface area contributed by atoms with Crippen molar-refractivity contribution in [3.63, 3.8) is 0 Å². The zero-order chi connectivity index (χ0) is 19.5. The maximum Gasteiger partial charge on any atom is 0.106 e. The highest BCUT2D eigenvalue weighted by Crippen LogP contribution is 2.52. The fourth-order valence-electron chi connectivity index (χ4n) is 4.67. The molecule has 28 heavy (non-hydrogen) atoms. The maximum atomic E-state index is 10.3. The first kappa shape index (κ1) is 19.0. The number of aliphatic hydroxyl groups excluding tert-OH is 2. The molecule has 0 bridgehead atoms. The van der Waals surface area contributed by atoms with Crippen molar-refractivity contribution in [1.29, 1.82) is 0 Å². The van der Waals surface area contributed by atoms with Crippen molar-refractivity contribution in [2.75, 3.05) is 13.2 Å². The van der Waals surface area contributed by atoms with Gasteiger partial charge in [-0.3, -0.25) is 4.68 Å². The van der Waals surface area contributed by atoms with Gasteiger partial charge < -0.3 is 20.3 Å². The first-order valence-electron chi connectivity index (χ1n) is 9.81.